The third-order valence-electron chi connectivity index (χ3n) is 4.29. The van der Waals surface area contributed by atoms with E-state index in [1.807, 2.05) is 35.7 Å². The summed E-state index contributed by atoms with van der Waals surface area (Å²) in [6.45, 7) is 0. The quantitative estimate of drug-likeness (QED) is 0.237. The molecule has 0 radical (unpaired) electrons. The van der Waals surface area contributed by atoms with Gasteiger partial charge in [0, 0.05) is 15.8 Å². The van der Waals surface area contributed by atoms with Crippen LogP contribution in [-0.4, -0.2) is 31.3 Å². The Bertz CT molecular complexity index is 1330. The number of rotatable bonds is 7. The van der Waals surface area contributed by atoms with Gasteiger partial charge in [0.05, 0.1) is 27.1 Å². The molecule has 10 heteroatoms. The minimum absolute atomic E-state index is 0.196. The Morgan fingerprint density at radius 2 is 1.94 bits per heavy atom. The first-order valence-corrected chi connectivity index (χ1v) is 13.3. The Hall–Kier alpha value is -2.40. The standard InChI is InChI=1S/C21H16BrN3O3S3/c22-15-8-9-18-19(13-15)30-21(24-18)25(23-14-16-5-4-11-29-16)20(26)10-12-31(27,28)17-6-2-1-3-7-17/h1-9,11,13-14H,10,12H2/b23-14+. The van der Waals surface area contributed by atoms with Gasteiger partial charge in [-0.3, -0.25) is 4.79 Å². The van der Waals surface area contributed by atoms with Crippen molar-refractivity contribution in [2.75, 3.05) is 10.8 Å². The molecule has 0 atom stereocenters. The van der Waals surface area contributed by atoms with E-state index in [2.05, 4.69) is 26.0 Å². The van der Waals surface area contributed by atoms with Crippen LogP contribution in [0.15, 0.2) is 80.5 Å². The predicted molar refractivity (Wildman–Crippen MR) is 130 cm³/mol. The number of thiazole rings is 1. The van der Waals surface area contributed by atoms with Crippen LogP contribution < -0.4 is 5.01 Å². The van der Waals surface area contributed by atoms with E-state index in [1.165, 1.54) is 39.8 Å². The van der Waals surface area contributed by atoms with Gasteiger partial charge >= 0.3 is 0 Å². The zero-order valence-electron chi connectivity index (χ0n) is 16.0. The van der Waals surface area contributed by atoms with Gasteiger partial charge in [-0.1, -0.05) is 51.5 Å². The molecule has 158 valence electrons. The van der Waals surface area contributed by atoms with Crippen molar-refractivity contribution in [2.45, 2.75) is 11.3 Å². The van der Waals surface area contributed by atoms with Crippen LogP contribution in [0.3, 0.4) is 0 Å². The van der Waals surface area contributed by atoms with E-state index in [9.17, 15) is 13.2 Å². The molecule has 6 nitrogen and oxygen atoms in total. The second-order valence-corrected chi connectivity index (χ2v) is 11.5. The van der Waals surface area contributed by atoms with Crippen molar-refractivity contribution < 1.29 is 13.2 Å². The highest BCUT2D eigenvalue weighted by molar-refractivity contribution is 9.10. The maximum atomic E-state index is 13.0. The van der Waals surface area contributed by atoms with Crippen LogP contribution in [0.25, 0.3) is 10.2 Å². The Morgan fingerprint density at radius 3 is 2.68 bits per heavy atom. The first-order chi connectivity index (χ1) is 14.9. The van der Waals surface area contributed by atoms with Crippen molar-refractivity contribution in [1.29, 1.82) is 0 Å². The number of anilines is 1. The molecule has 0 bridgehead atoms. The maximum Gasteiger partial charge on any atom is 0.250 e. The van der Waals surface area contributed by atoms with Crippen molar-refractivity contribution >= 4 is 75.9 Å². The monoisotopic (exact) mass is 533 g/mol. The number of nitrogens with zero attached hydrogens (tertiary/aromatic N) is 3. The molecule has 0 unspecified atom stereocenters. The van der Waals surface area contributed by atoms with Crippen LogP contribution in [0.2, 0.25) is 0 Å². The molecule has 31 heavy (non-hydrogen) atoms. The Morgan fingerprint density at radius 1 is 1.13 bits per heavy atom. The predicted octanol–water partition coefficient (Wildman–Crippen LogP) is 5.35. The molecule has 0 N–H and O–H groups in total. The smallest absolute Gasteiger partial charge is 0.250 e. The van der Waals surface area contributed by atoms with Crippen LogP contribution in [0.5, 0.6) is 0 Å². The average molecular weight is 534 g/mol. The third kappa shape index (κ3) is 5.27. The Kier molecular flexibility index (Phi) is 6.61. The zero-order chi connectivity index (χ0) is 21.8. The maximum absolute atomic E-state index is 13.0. The summed E-state index contributed by atoms with van der Waals surface area (Å²) in [4.78, 5) is 18.6. The minimum Gasteiger partial charge on any atom is -0.272 e. The number of benzene rings is 2. The highest BCUT2D eigenvalue weighted by atomic mass is 79.9. The fourth-order valence-electron chi connectivity index (χ4n) is 2.75. The molecule has 0 saturated carbocycles. The Labute approximate surface area is 195 Å². The normalized spacial score (nSPS) is 11.9. The molecule has 2 heterocycles. The molecule has 4 aromatic rings. The van der Waals surface area contributed by atoms with Gasteiger partial charge in [-0.15, -0.1) is 11.3 Å². The molecule has 0 fully saturated rings. The summed E-state index contributed by atoms with van der Waals surface area (Å²) in [5, 5.41) is 7.83. The van der Waals surface area contributed by atoms with E-state index in [4.69, 9.17) is 0 Å². The van der Waals surface area contributed by atoms with Crippen molar-refractivity contribution in [3.8, 4) is 0 Å². The number of thiophene rings is 1. The summed E-state index contributed by atoms with van der Waals surface area (Å²) >= 11 is 6.24. The van der Waals surface area contributed by atoms with E-state index in [0.29, 0.717) is 5.13 Å². The fraction of sp³-hybridized carbons (Fsp3) is 0.0952. The van der Waals surface area contributed by atoms with Gasteiger partial charge in [0.15, 0.2) is 9.84 Å². The first-order valence-electron chi connectivity index (χ1n) is 9.17. The SMILES string of the molecule is O=C(CCS(=O)(=O)c1ccccc1)N(/N=C/c1cccs1)c1nc2ccc(Br)cc2s1. The number of sulfone groups is 1. The number of amides is 1. The van der Waals surface area contributed by atoms with Gasteiger partial charge in [0.1, 0.15) is 0 Å². The van der Waals surface area contributed by atoms with Crippen molar-refractivity contribution in [2.24, 2.45) is 5.10 Å². The van der Waals surface area contributed by atoms with Crippen molar-refractivity contribution in [3.63, 3.8) is 0 Å². The van der Waals surface area contributed by atoms with Crippen LogP contribution in [0, 0.1) is 0 Å². The number of hydrogen-bond donors (Lipinski definition) is 0. The van der Waals surface area contributed by atoms with Crippen molar-refractivity contribution in [1.82, 2.24) is 4.98 Å². The number of fused-ring (bicyclic) bond motifs is 1. The summed E-state index contributed by atoms with van der Waals surface area (Å²) in [5.74, 6) is -0.748. The van der Waals surface area contributed by atoms with E-state index in [-0.39, 0.29) is 17.1 Å². The van der Waals surface area contributed by atoms with E-state index in [1.54, 1.807) is 24.4 Å². The molecule has 1 amide bonds. The summed E-state index contributed by atoms with van der Waals surface area (Å²) < 4.78 is 27.0. The molecule has 0 aliphatic carbocycles. The lowest BCUT2D eigenvalue weighted by Gasteiger charge is -2.13. The van der Waals surface area contributed by atoms with Crippen LogP contribution in [0.1, 0.15) is 11.3 Å². The molecule has 0 aliphatic heterocycles. The van der Waals surface area contributed by atoms with Crippen LogP contribution >= 0.6 is 38.6 Å². The van der Waals surface area contributed by atoms with E-state index < -0.39 is 15.7 Å². The summed E-state index contributed by atoms with van der Waals surface area (Å²) in [6.07, 6.45) is 1.37. The van der Waals surface area contributed by atoms with Gasteiger partial charge in [-0.2, -0.15) is 10.1 Å². The fourth-order valence-corrected chi connectivity index (χ4v) is 6.07. The van der Waals surface area contributed by atoms with Gasteiger partial charge in [-0.25, -0.2) is 13.4 Å². The van der Waals surface area contributed by atoms with E-state index in [0.717, 1.165) is 19.6 Å². The second kappa shape index (κ2) is 9.39. The lowest BCUT2D eigenvalue weighted by Crippen LogP contribution is -2.27. The second-order valence-electron chi connectivity index (χ2n) is 6.46. The number of hydrazone groups is 1. The number of carbonyl (C=O) groups is 1. The van der Waals surface area contributed by atoms with Gasteiger partial charge in [0.25, 0.3) is 5.91 Å². The summed E-state index contributed by atoms with van der Waals surface area (Å²) in [7, 11) is -3.58. The van der Waals surface area contributed by atoms with E-state index >= 15 is 0 Å². The molecule has 0 saturated heterocycles. The summed E-state index contributed by atoms with van der Waals surface area (Å²) in [6, 6.07) is 17.5. The first kappa shape index (κ1) is 21.8. The molecule has 2 aromatic carbocycles. The average Bonchev–Trinajstić information content (AvgIpc) is 3.42. The highest BCUT2D eigenvalue weighted by Crippen LogP contribution is 2.31. The van der Waals surface area contributed by atoms with Crippen LogP contribution in [0.4, 0.5) is 5.13 Å². The van der Waals surface area contributed by atoms with Gasteiger partial charge in [0.2, 0.25) is 5.13 Å². The lowest BCUT2D eigenvalue weighted by molar-refractivity contribution is -0.118. The minimum atomic E-state index is -3.58. The number of hydrogen-bond acceptors (Lipinski definition) is 7. The highest BCUT2D eigenvalue weighted by Gasteiger charge is 2.23. The number of carbonyl (C=O) groups excluding carboxylic acids is 1. The Balaban J connectivity index is 1.61. The topological polar surface area (TPSA) is 79.7 Å². The number of halogens is 1. The summed E-state index contributed by atoms with van der Waals surface area (Å²) in [5.41, 5.74) is 0.740. The molecule has 0 aliphatic rings. The van der Waals surface area contributed by atoms with Gasteiger partial charge < -0.3 is 0 Å². The zero-order valence-corrected chi connectivity index (χ0v) is 20.0. The lowest BCUT2D eigenvalue weighted by atomic mass is 10.3. The number of aromatic nitrogens is 1. The molecule has 2 aromatic heterocycles. The largest absolute Gasteiger partial charge is 0.272 e. The molecule has 0 spiro atoms. The molecular weight excluding hydrogens is 518 g/mol. The molecular formula is C21H16BrN3O3S3. The van der Waals surface area contributed by atoms with Crippen molar-refractivity contribution in [3.05, 3.63) is 75.4 Å². The van der Waals surface area contributed by atoms with Gasteiger partial charge in [-0.05, 0) is 41.8 Å². The third-order valence-corrected chi connectivity index (χ3v) is 8.31. The van der Waals surface area contributed by atoms with Crippen LogP contribution in [-0.2, 0) is 14.6 Å². The molecule has 4 rings (SSSR count).